The first kappa shape index (κ1) is 21.4. The summed E-state index contributed by atoms with van der Waals surface area (Å²) >= 11 is 2.68. The molecule has 0 saturated carbocycles. The van der Waals surface area contributed by atoms with Gasteiger partial charge in [-0.25, -0.2) is 11.3 Å². The second-order valence-electron chi connectivity index (χ2n) is 6.27. The van der Waals surface area contributed by atoms with Crippen LogP contribution in [-0.2, 0) is 20.8 Å². The zero-order valence-corrected chi connectivity index (χ0v) is 20.4. The number of benzene rings is 1. The van der Waals surface area contributed by atoms with Gasteiger partial charge in [-0.05, 0) is 4.47 Å². The number of fused-ring (bicyclic) bond motifs is 1. The van der Waals surface area contributed by atoms with Gasteiger partial charge >= 0.3 is 37.9 Å². The molecular formula is C18H21BrCl2SiZr. The summed E-state index contributed by atoms with van der Waals surface area (Å²) in [4.78, 5) is 0. The van der Waals surface area contributed by atoms with Crippen molar-refractivity contribution in [1.82, 2.24) is 0 Å². The zero-order valence-electron chi connectivity index (χ0n) is 13.8. The van der Waals surface area contributed by atoms with Gasteiger partial charge in [0, 0.05) is 8.07 Å². The van der Waals surface area contributed by atoms with Crippen LogP contribution in [0.1, 0.15) is 5.56 Å². The summed E-state index contributed by atoms with van der Waals surface area (Å²) in [6, 6.07) is 19.3. The van der Waals surface area contributed by atoms with Crippen molar-refractivity contribution >= 4 is 57.0 Å². The van der Waals surface area contributed by atoms with Crippen LogP contribution < -0.4 is 5.19 Å². The molecule has 0 aliphatic heterocycles. The quantitative estimate of drug-likeness (QED) is 0.247. The summed E-state index contributed by atoms with van der Waals surface area (Å²) in [5, 5.41) is 4.18. The van der Waals surface area contributed by atoms with Crippen LogP contribution in [0.2, 0.25) is 19.6 Å². The molecule has 0 atom stereocenters. The Hall–Kier alpha value is 0.340. The molecule has 5 heteroatoms. The van der Waals surface area contributed by atoms with Crippen LogP contribution in [0.3, 0.4) is 0 Å². The van der Waals surface area contributed by atoms with Gasteiger partial charge in [0.1, 0.15) is 0 Å². The van der Waals surface area contributed by atoms with Gasteiger partial charge in [0.15, 0.2) is 0 Å². The molecule has 0 fully saturated rings. The van der Waals surface area contributed by atoms with E-state index in [9.17, 15) is 0 Å². The Morgan fingerprint density at radius 3 is 2.22 bits per heavy atom. The molecule has 0 unspecified atom stereocenters. The second kappa shape index (κ2) is 10.4. The molecule has 0 radical (unpaired) electrons. The number of aryl methyl sites for hydroxylation is 1. The molecule has 0 spiro atoms. The Bertz CT molecular complexity index is 699. The normalized spacial score (nSPS) is 10.2. The average molecular weight is 507 g/mol. The van der Waals surface area contributed by atoms with Crippen LogP contribution in [0.5, 0.6) is 0 Å². The van der Waals surface area contributed by atoms with Crippen molar-refractivity contribution in [2.45, 2.75) is 26.6 Å². The Balaban J connectivity index is 0.000000200. The summed E-state index contributed by atoms with van der Waals surface area (Å²) in [5.41, 5.74) is 1.33. The molecule has 122 valence electrons. The van der Waals surface area contributed by atoms with Crippen LogP contribution in [0, 0.1) is 6.92 Å². The number of rotatable bonds is 1. The summed E-state index contributed by atoms with van der Waals surface area (Å²) in [6.07, 6.45) is 0. The van der Waals surface area contributed by atoms with E-state index in [4.69, 9.17) is 17.0 Å². The minimum absolute atomic E-state index is 0.826. The fourth-order valence-corrected chi connectivity index (χ4v) is 3.91. The fourth-order valence-electron chi connectivity index (χ4n) is 2.22. The molecule has 3 aromatic rings. The van der Waals surface area contributed by atoms with Crippen LogP contribution in [0.15, 0.2) is 59.1 Å². The van der Waals surface area contributed by atoms with E-state index in [1.807, 2.05) is 0 Å². The average Bonchev–Trinajstić information content (AvgIpc) is 3.08. The van der Waals surface area contributed by atoms with Crippen molar-refractivity contribution in [2.24, 2.45) is 0 Å². The predicted octanol–water partition coefficient (Wildman–Crippen LogP) is 6.96. The molecule has 0 nitrogen and oxygen atoms in total. The number of hydrogen-bond donors (Lipinski definition) is 0. The molecule has 0 aliphatic carbocycles. The molecule has 0 amide bonds. The molecule has 0 N–H and O–H groups in total. The predicted molar refractivity (Wildman–Crippen MR) is 109 cm³/mol. The molecule has 0 aliphatic rings. The van der Waals surface area contributed by atoms with Crippen molar-refractivity contribution in [3.8, 4) is 0 Å². The maximum absolute atomic E-state index is 4.93. The third-order valence-electron chi connectivity index (χ3n) is 3.37. The first-order valence-corrected chi connectivity index (χ1v) is 17.9. The van der Waals surface area contributed by atoms with Crippen LogP contribution in [0.25, 0.3) is 10.8 Å². The summed E-state index contributed by atoms with van der Waals surface area (Å²) in [5.74, 6) is 0. The SMILES string of the molecule is C[Si](C)(C)c1cc[cH-]c1.Cc1cc2c(Br)cccc2[cH-]1.[Cl][Zr+2][Cl]. The van der Waals surface area contributed by atoms with E-state index < -0.39 is 28.9 Å². The van der Waals surface area contributed by atoms with Crippen molar-refractivity contribution in [2.75, 3.05) is 0 Å². The minimum atomic E-state index is -0.981. The monoisotopic (exact) mass is 504 g/mol. The first-order chi connectivity index (χ1) is 10.8. The van der Waals surface area contributed by atoms with Gasteiger partial charge in [0.05, 0.1) is 0 Å². The molecule has 3 aromatic carbocycles. The van der Waals surface area contributed by atoms with Crippen molar-refractivity contribution in [1.29, 1.82) is 0 Å². The van der Waals surface area contributed by atoms with Crippen LogP contribution in [0.4, 0.5) is 0 Å². The van der Waals surface area contributed by atoms with E-state index in [0.717, 1.165) is 0 Å². The molecule has 0 aromatic heterocycles. The molecule has 23 heavy (non-hydrogen) atoms. The third kappa shape index (κ3) is 7.40. The van der Waals surface area contributed by atoms with Gasteiger partial charge in [0.2, 0.25) is 0 Å². The summed E-state index contributed by atoms with van der Waals surface area (Å²) in [6.45, 7) is 9.21. The van der Waals surface area contributed by atoms with Gasteiger partial charge < -0.3 is 0 Å². The van der Waals surface area contributed by atoms with Gasteiger partial charge in [-0.1, -0.05) is 48.6 Å². The van der Waals surface area contributed by atoms with E-state index in [1.165, 1.54) is 20.8 Å². The van der Waals surface area contributed by atoms with E-state index in [2.05, 4.69) is 97.1 Å². The fraction of sp³-hybridized carbons (Fsp3) is 0.222. The molecule has 0 heterocycles. The maximum atomic E-state index is 4.93. The summed E-state index contributed by atoms with van der Waals surface area (Å²) < 4.78 is 1.18. The Morgan fingerprint density at radius 1 is 1.13 bits per heavy atom. The molecular weight excluding hydrogens is 486 g/mol. The standard InChI is InChI=1S/C10H8Br.C8H13Si.2ClH.Zr/c1-7-5-8-3-2-4-10(11)9(8)6-7;1-9(2,3)8-6-4-5-7-8;;;/h2-6H,1H3;4-7H,1-3H3;2*1H;/q2*-1;;;+4/p-2. The molecule has 3 rings (SSSR count). The van der Waals surface area contributed by atoms with Crippen LogP contribution >= 0.6 is 33.0 Å². The third-order valence-corrected chi connectivity index (χ3v) is 6.13. The number of hydrogen-bond acceptors (Lipinski definition) is 0. The van der Waals surface area contributed by atoms with E-state index in [-0.39, 0.29) is 0 Å². The Kier molecular flexibility index (Phi) is 9.63. The Labute approximate surface area is 167 Å². The van der Waals surface area contributed by atoms with Crippen molar-refractivity contribution < 1.29 is 20.8 Å². The van der Waals surface area contributed by atoms with Crippen LogP contribution in [-0.4, -0.2) is 8.07 Å². The van der Waals surface area contributed by atoms with Gasteiger partial charge in [-0.2, -0.15) is 24.3 Å². The topological polar surface area (TPSA) is 0 Å². The van der Waals surface area contributed by atoms with Crippen molar-refractivity contribution in [3.63, 3.8) is 0 Å². The Morgan fingerprint density at radius 2 is 1.78 bits per heavy atom. The van der Waals surface area contributed by atoms with Crippen molar-refractivity contribution in [3.05, 3.63) is 64.6 Å². The van der Waals surface area contributed by atoms with Gasteiger partial charge in [-0.3, -0.25) is 0 Å². The molecule has 0 bridgehead atoms. The van der Waals surface area contributed by atoms with Gasteiger partial charge in [-0.15, -0.1) is 34.5 Å². The van der Waals surface area contributed by atoms with E-state index >= 15 is 0 Å². The zero-order chi connectivity index (χ0) is 17.5. The van der Waals surface area contributed by atoms with E-state index in [1.54, 1.807) is 5.19 Å². The first-order valence-electron chi connectivity index (χ1n) is 7.29. The summed E-state index contributed by atoms with van der Waals surface area (Å²) in [7, 11) is 8.89. The van der Waals surface area contributed by atoms with E-state index in [0.29, 0.717) is 0 Å². The second-order valence-corrected chi connectivity index (χ2v) is 15.9. The number of halogens is 3. The molecule has 0 saturated heterocycles. The van der Waals surface area contributed by atoms with Gasteiger partial charge in [0.25, 0.3) is 0 Å².